The molecule has 9 heteroatoms. The number of carboxylic acids is 1. The first kappa shape index (κ1) is 18.7. The second-order valence-electron chi connectivity index (χ2n) is 5.21. The molecule has 25 heavy (non-hydrogen) atoms. The highest BCUT2D eigenvalue weighted by molar-refractivity contribution is 8.15. The van der Waals surface area contributed by atoms with Gasteiger partial charge in [0, 0.05) is 19.4 Å². The summed E-state index contributed by atoms with van der Waals surface area (Å²) in [7, 11) is 0. The number of carboxylic acid groups (broad SMARTS) is 1. The minimum absolute atomic E-state index is 0.00479. The van der Waals surface area contributed by atoms with Crippen molar-refractivity contribution in [1.82, 2.24) is 10.6 Å². The van der Waals surface area contributed by atoms with Crippen LogP contribution in [0.4, 0.5) is 0 Å². The molecule has 1 unspecified atom stereocenters. The fraction of sp³-hybridized carbons (Fsp3) is 0.312. The van der Waals surface area contributed by atoms with E-state index < -0.39 is 11.2 Å². The van der Waals surface area contributed by atoms with Crippen molar-refractivity contribution in [1.29, 1.82) is 0 Å². The van der Waals surface area contributed by atoms with Gasteiger partial charge in [0.15, 0.2) is 5.17 Å². The highest BCUT2D eigenvalue weighted by Gasteiger charge is 2.32. The topological polar surface area (TPSA) is 120 Å². The minimum Gasteiger partial charge on any atom is -0.481 e. The van der Waals surface area contributed by atoms with Gasteiger partial charge in [0.1, 0.15) is 5.25 Å². The van der Waals surface area contributed by atoms with Crippen molar-refractivity contribution < 1.29 is 19.5 Å². The highest BCUT2D eigenvalue weighted by Crippen LogP contribution is 2.22. The van der Waals surface area contributed by atoms with Crippen LogP contribution in [-0.2, 0) is 14.4 Å². The smallest absolute Gasteiger partial charge is 0.303 e. The maximum absolute atomic E-state index is 11.9. The Morgan fingerprint density at radius 3 is 2.80 bits per heavy atom. The lowest BCUT2D eigenvalue weighted by atomic mass is 10.2. The summed E-state index contributed by atoms with van der Waals surface area (Å²) in [6.45, 7) is 0.270. The van der Waals surface area contributed by atoms with Crippen molar-refractivity contribution in [3.63, 3.8) is 0 Å². The second-order valence-corrected chi connectivity index (χ2v) is 6.40. The number of carbonyl (C=O) groups excluding carboxylic acids is 2. The molecule has 1 aliphatic heterocycles. The van der Waals surface area contributed by atoms with Crippen LogP contribution in [0.25, 0.3) is 0 Å². The number of amides is 2. The average molecular weight is 362 g/mol. The van der Waals surface area contributed by atoms with E-state index in [9.17, 15) is 14.4 Å². The first-order chi connectivity index (χ1) is 12.0. The summed E-state index contributed by atoms with van der Waals surface area (Å²) in [6.07, 6.45) is 1.92. The first-order valence-electron chi connectivity index (χ1n) is 7.66. The van der Waals surface area contributed by atoms with Crippen LogP contribution in [0.1, 0.15) is 24.8 Å². The van der Waals surface area contributed by atoms with Gasteiger partial charge in [-0.3, -0.25) is 14.4 Å². The Morgan fingerprint density at radius 1 is 1.32 bits per heavy atom. The average Bonchev–Trinajstić information content (AvgIpc) is 2.92. The van der Waals surface area contributed by atoms with E-state index in [1.165, 1.54) is 0 Å². The quantitative estimate of drug-likeness (QED) is 0.362. The van der Waals surface area contributed by atoms with Gasteiger partial charge in [-0.05, 0) is 12.0 Å². The van der Waals surface area contributed by atoms with Crippen LogP contribution in [-0.4, -0.2) is 46.1 Å². The number of thioether (sulfide) groups is 1. The third-order valence-corrected chi connectivity index (χ3v) is 4.26. The fourth-order valence-electron chi connectivity index (χ4n) is 1.98. The van der Waals surface area contributed by atoms with E-state index in [1.54, 1.807) is 6.21 Å². The van der Waals surface area contributed by atoms with Gasteiger partial charge in [-0.15, -0.1) is 5.10 Å². The molecule has 1 fully saturated rings. The van der Waals surface area contributed by atoms with E-state index in [4.69, 9.17) is 5.11 Å². The molecule has 1 aromatic rings. The number of rotatable bonds is 8. The third-order valence-electron chi connectivity index (χ3n) is 3.19. The predicted octanol–water partition coefficient (Wildman–Crippen LogP) is 0.979. The summed E-state index contributed by atoms with van der Waals surface area (Å²) in [5.41, 5.74) is 0.887. The molecular weight excluding hydrogens is 344 g/mol. The Kier molecular flexibility index (Phi) is 7.15. The molecule has 0 spiro atoms. The number of hydrogen-bond acceptors (Lipinski definition) is 6. The summed E-state index contributed by atoms with van der Waals surface area (Å²) in [5.74, 6) is -1.50. The molecule has 1 heterocycles. The lowest BCUT2D eigenvalue weighted by molar-refractivity contribution is -0.137. The van der Waals surface area contributed by atoms with Crippen molar-refractivity contribution in [2.24, 2.45) is 10.2 Å². The fourth-order valence-corrected chi connectivity index (χ4v) is 2.91. The van der Waals surface area contributed by atoms with E-state index in [2.05, 4.69) is 20.8 Å². The van der Waals surface area contributed by atoms with Crippen molar-refractivity contribution in [3.8, 4) is 0 Å². The van der Waals surface area contributed by atoms with Crippen LogP contribution in [0.15, 0.2) is 40.5 Å². The van der Waals surface area contributed by atoms with E-state index in [1.807, 2.05) is 30.3 Å². The molecule has 1 saturated heterocycles. The normalized spacial score (nSPS) is 18.5. The summed E-state index contributed by atoms with van der Waals surface area (Å²) in [6, 6.07) is 9.41. The SMILES string of the molecule is O=C(O)CCCNC(=O)CC1S/C(=N/N=Cc2ccccc2)NC1=O. The zero-order chi connectivity index (χ0) is 18.1. The van der Waals surface area contributed by atoms with Gasteiger partial charge < -0.3 is 15.7 Å². The summed E-state index contributed by atoms with van der Waals surface area (Å²) in [5, 5.41) is 21.3. The number of nitrogens with one attached hydrogen (secondary N) is 2. The highest BCUT2D eigenvalue weighted by atomic mass is 32.2. The molecule has 0 radical (unpaired) electrons. The van der Waals surface area contributed by atoms with E-state index in [0.717, 1.165) is 17.3 Å². The van der Waals surface area contributed by atoms with Crippen molar-refractivity contribution in [2.45, 2.75) is 24.5 Å². The second kappa shape index (κ2) is 9.58. The molecule has 0 bridgehead atoms. The van der Waals surface area contributed by atoms with E-state index in [-0.39, 0.29) is 31.2 Å². The summed E-state index contributed by atoms with van der Waals surface area (Å²) in [4.78, 5) is 34.0. The number of carbonyl (C=O) groups is 3. The zero-order valence-corrected chi connectivity index (χ0v) is 14.2. The maximum atomic E-state index is 11.9. The van der Waals surface area contributed by atoms with E-state index in [0.29, 0.717) is 11.6 Å². The minimum atomic E-state index is -0.906. The van der Waals surface area contributed by atoms with Gasteiger partial charge in [0.05, 0.1) is 6.21 Å². The summed E-state index contributed by atoms with van der Waals surface area (Å²) >= 11 is 1.15. The van der Waals surface area contributed by atoms with Crippen molar-refractivity contribution in [2.75, 3.05) is 6.54 Å². The Hall–Kier alpha value is -2.68. The Labute approximate surface area is 148 Å². The standard InChI is InChI=1S/C16H18N4O4S/c21-13(17-8-4-7-14(22)23)9-12-15(24)19-16(25-12)20-18-10-11-5-2-1-3-6-11/h1-3,5-6,10,12H,4,7-9H2,(H,17,21)(H,22,23)(H,19,20,24). The first-order valence-corrected chi connectivity index (χ1v) is 8.54. The maximum Gasteiger partial charge on any atom is 0.303 e. The molecule has 8 nitrogen and oxygen atoms in total. The van der Waals surface area contributed by atoms with Crippen LogP contribution in [0.5, 0.6) is 0 Å². The van der Waals surface area contributed by atoms with Gasteiger partial charge >= 0.3 is 5.97 Å². The molecule has 1 atom stereocenters. The molecule has 132 valence electrons. The lowest BCUT2D eigenvalue weighted by Crippen LogP contribution is -2.31. The number of aliphatic carboxylic acids is 1. The number of hydrogen-bond donors (Lipinski definition) is 3. The van der Waals surface area contributed by atoms with Gasteiger partial charge in [0.25, 0.3) is 0 Å². The van der Waals surface area contributed by atoms with Gasteiger partial charge in [-0.1, -0.05) is 42.1 Å². The van der Waals surface area contributed by atoms with Crippen LogP contribution in [0, 0.1) is 0 Å². The summed E-state index contributed by atoms with van der Waals surface area (Å²) < 4.78 is 0. The van der Waals surface area contributed by atoms with Crippen LogP contribution < -0.4 is 10.6 Å². The lowest BCUT2D eigenvalue weighted by Gasteiger charge is -2.06. The predicted molar refractivity (Wildman–Crippen MR) is 95.5 cm³/mol. The molecule has 3 N–H and O–H groups in total. The Balaban J connectivity index is 1.77. The van der Waals surface area contributed by atoms with Crippen molar-refractivity contribution in [3.05, 3.63) is 35.9 Å². The van der Waals surface area contributed by atoms with Crippen LogP contribution in [0.3, 0.4) is 0 Å². The zero-order valence-electron chi connectivity index (χ0n) is 13.3. The molecule has 1 aliphatic rings. The van der Waals surface area contributed by atoms with Crippen LogP contribution >= 0.6 is 11.8 Å². The number of amidine groups is 1. The monoisotopic (exact) mass is 362 g/mol. The molecule has 1 aromatic carbocycles. The Morgan fingerprint density at radius 2 is 2.08 bits per heavy atom. The molecule has 0 saturated carbocycles. The molecule has 0 aliphatic carbocycles. The van der Waals surface area contributed by atoms with E-state index >= 15 is 0 Å². The van der Waals surface area contributed by atoms with Gasteiger partial charge in [0.2, 0.25) is 11.8 Å². The van der Waals surface area contributed by atoms with Crippen LogP contribution in [0.2, 0.25) is 0 Å². The van der Waals surface area contributed by atoms with Crippen molar-refractivity contribution >= 4 is 40.9 Å². The number of benzene rings is 1. The Bertz CT molecular complexity index is 691. The molecule has 2 rings (SSSR count). The third kappa shape index (κ3) is 6.76. The van der Waals surface area contributed by atoms with Gasteiger partial charge in [-0.2, -0.15) is 5.10 Å². The number of nitrogens with zero attached hydrogens (tertiary/aromatic N) is 2. The molecular formula is C16H18N4O4S. The molecule has 2 amide bonds. The van der Waals surface area contributed by atoms with Gasteiger partial charge in [-0.25, -0.2) is 0 Å². The molecule has 0 aromatic heterocycles. The largest absolute Gasteiger partial charge is 0.481 e.